The summed E-state index contributed by atoms with van der Waals surface area (Å²) < 4.78 is 55.5. The van der Waals surface area contributed by atoms with E-state index in [0.29, 0.717) is 17.1 Å². The van der Waals surface area contributed by atoms with Gasteiger partial charge in [-0.2, -0.15) is 20.5 Å². The van der Waals surface area contributed by atoms with Crippen molar-refractivity contribution in [3.8, 4) is 0 Å². The number of benzene rings is 4. The first-order valence-corrected chi connectivity index (χ1v) is 15.5. The van der Waals surface area contributed by atoms with Crippen LogP contribution >= 0.6 is 0 Å². The van der Waals surface area contributed by atoms with Crippen molar-refractivity contribution in [1.82, 2.24) is 0 Å². The van der Waals surface area contributed by atoms with E-state index in [-0.39, 0.29) is 10.6 Å². The molecule has 0 unspecified atom stereocenters. The highest BCUT2D eigenvalue weighted by Gasteiger charge is 2.28. The maximum atomic E-state index is 13.7. The minimum Gasteiger partial charge on any atom is -0.378 e. The molecule has 0 saturated heterocycles. The Labute approximate surface area is 249 Å². The van der Waals surface area contributed by atoms with Crippen molar-refractivity contribution < 1.29 is 16.8 Å². The molecule has 0 heterocycles. The van der Waals surface area contributed by atoms with Crippen LogP contribution < -0.4 is 9.80 Å². The van der Waals surface area contributed by atoms with Gasteiger partial charge in [-0.3, -0.25) is 0 Å². The van der Waals surface area contributed by atoms with Crippen molar-refractivity contribution in [1.29, 1.82) is 0 Å². The summed E-state index contributed by atoms with van der Waals surface area (Å²) in [6.07, 6.45) is 0. The lowest BCUT2D eigenvalue weighted by atomic mass is 10.3. The van der Waals surface area contributed by atoms with E-state index in [1.54, 1.807) is 24.3 Å². The van der Waals surface area contributed by atoms with Gasteiger partial charge in [0.1, 0.15) is 0 Å². The predicted molar refractivity (Wildman–Crippen MR) is 165 cm³/mol. The van der Waals surface area contributed by atoms with E-state index in [1.165, 1.54) is 30.3 Å². The van der Waals surface area contributed by atoms with Gasteiger partial charge in [-0.1, -0.05) is 0 Å². The summed E-state index contributed by atoms with van der Waals surface area (Å²) in [7, 11) is -1.46. The first kappa shape index (κ1) is 30.8. The number of hydrogen-bond donors (Lipinski definition) is 0. The lowest BCUT2D eigenvalue weighted by Crippen LogP contribution is -2.08. The number of azide groups is 1. The molecule has 4 rings (SSSR count). The third-order valence-corrected chi connectivity index (χ3v) is 9.22. The highest BCUT2D eigenvalue weighted by Crippen LogP contribution is 2.33. The van der Waals surface area contributed by atoms with Gasteiger partial charge in [0.05, 0.1) is 37.4 Å². The fraction of sp³-hybridized carbons (Fsp3) is 0.143. The average Bonchev–Trinajstić information content (AvgIpc) is 2.99. The molecule has 0 atom stereocenters. The van der Waals surface area contributed by atoms with Crippen molar-refractivity contribution >= 4 is 54.0 Å². The Kier molecular flexibility index (Phi) is 9.19. The van der Waals surface area contributed by atoms with Gasteiger partial charge in [0.2, 0.25) is 9.84 Å². The van der Waals surface area contributed by atoms with Crippen molar-refractivity contribution in [2.75, 3.05) is 38.0 Å². The summed E-state index contributed by atoms with van der Waals surface area (Å²) in [5, 5.41) is 16.5. The highest BCUT2D eigenvalue weighted by molar-refractivity contribution is 7.94. The molecule has 0 aliphatic heterocycles. The van der Waals surface area contributed by atoms with Crippen LogP contribution in [0.3, 0.4) is 0 Å². The second-order valence-corrected chi connectivity index (χ2v) is 13.0. The second kappa shape index (κ2) is 12.8. The number of anilines is 2. The van der Waals surface area contributed by atoms with E-state index in [9.17, 15) is 16.8 Å². The van der Waals surface area contributed by atoms with Gasteiger partial charge < -0.3 is 9.80 Å². The average molecular weight is 618 g/mol. The summed E-state index contributed by atoms with van der Waals surface area (Å²) in [6.45, 7) is 0. The largest absolute Gasteiger partial charge is 0.378 e. The zero-order valence-electron chi connectivity index (χ0n) is 23.6. The van der Waals surface area contributed by atoms with Gasteiger partial charge in [-0.25, -0.2) is 16.8 Å². The summed E-state index contributed by atoms with van der Waals surface area (Å²) >= 11 is 0. The van der Waals surface area contributed by atoms with Crippen LogP contribution in [-0.2, 0) is 19.9 Å². The molecule has 0 aliphatic carbocycles. The van der Waals surface area contributed by atoms with Gasteiger partial charge in [0, 0.05) is 49.0 Å². The molecule has 4 aromatic carbocycles. The Morgan fingerprint density at radius 1 is 0.558 bits per heavy atom. The van der Waals surface area contributed by atoms with Crippen LogP contribution in [0, 0.1) is 0 Å². The van der Waals surface area contributed by atoms with Crippen molar-refractivity contribution in [2.24, 2.45) is 25.0 Å². The monoisotopic (exact) mass is 617 g/mol. The van der Waals surface area contributed by atoms with Gasteiger partial charge in [-0.05, 0) is 96.5 Å². The second-order valence-electron chi connectivity index (χ2n) is 9.50. The van der Waals surface area contributed by atoms with Gasteiger partial charge in [0.25, 0.3) is 10.0 Å². The van der Waals surface area contributed by atoms with Crippen LogP contribution in [0.5, 0.6) is 0 Å². The Morgan fingerprint density at radius 2 is 0.953 bits per heavy atom. The lowest BCUT2D eigenvalue weighted by Gasteiger charge is -2.11. The Balaban J connectivity index is 1.67. The number of hydrogen-bond acceptors (Lipinski definition) is 10. The minimum atomic E-state index is -4.67. The maximum absolute atomic E-state index is 13.7. The molecule has 43 heavy (non-hydrogen) atoms. The number of azo groups is 2. The van der Waals surface area contributed by atoms with Crippen molar-refractivity contribution in [3.05, 3.63) is 101 Å². The van der Waals surface area contributed by atoms with Crippen LogP contribution in [0.25, 0.3) is 10.4 Å². The van der Waals surface area contributed by atoms with Gasteiger partial charge >= 0.3 is 0 Å². The molecule has 0 aliphatic rings. The zero-order valence-corrected chi connectivity index (χ0v) is 25.3. The smallest absolute Gasteiger partial charge is 0.265 e. The summed E-state index contributed by atoms with van der Waals surface area (Å²) in [5.74, 6) is 0. The van der Waals surface area contributed by atoms with Crippen LogP contribution in [-0.4, -0.2) is 45.0 Å². The third kappa shape index (κ3) is 7.40. The fourth-order valence-electron chi connectivity index (χ4n) is 3.76. The maximum Gasteiger partial charge on any atom is 0.265 e. The van der Waals surface area contributed by atoms with Crippen LogP contribution in [0.4, 0.5) is 34.1 Å². The molecule has 0 aromatic heterocycles. The number of sulfonamides is 1. The molecule has 0 saturated carbocycles. The lowest BCUT2D eigenvalue weighted by molar-refractivity contribution is 0.583. The predicted octanol–water partition coefficient (Wildman–Crippen LogP) is 7.48. The number of nitrogens with zero attached hydrogens (tertiary/aromatic N) is 9. The van der Waals surface area contributed by atoms with Crippen LogP contribution in [0.15, 0.2) is 131 Å². The molecule has 0 bridgehead atoms. The van der Waals surface area contributed by atoms with E-state index < -0.39 is 29.7 Å². The first-order chi connectivity index (χ1) is 20.4. The van der Waals surface area contributed by atoms with Crippen LogP contribution in [0.2, 0.25) is 0 Å². The van der Waals surface area contributed by atoms with E-state index in [1.807, 2.05) is 62.3 Å². The zero-order chi connectivity index (χ0) is 31.2. The topological polar surface area (TPSA) is 173 Å². The highest BCUT2D eigenvalue weighted by atomic mass is 32.2. The molecule has 0 fully saturated rings. The molecule has 0 N–H and O–H groups in total. The molecule has 0 amide bonds. The summed E-state index contributed by atoms with van der Waals surface area (Å²) in [6, 6.07) is 23.3. The molecule has 15 heteroatoms. The molecule has 0 radical (unpaired) electrons. The normalized spacial score (nSPS) is 11.9. The van der Waals surface area contributed by atoms with Crippen LogP contribution in [0.1, 0.15) is 0 Å². The fourth-order valence-corrected chi connectivity index (χ4v) is 6.50. The Morgan fingerprint density at radius 3 is 1.37 bits per heavy atom. The van der Waals surface area contributed by atoms with Crippen molar-refractivity contribution in [2.45, 2.75) is 14.7 Å². The van der Waals surface area contributed by atoms with E-state index in [2.05, 4.69) is 29.9 Å². The van der Waals surface area contributed by atoms with E-state index in [0.717, 1.165) is 23.5 Å². The molecular formula is C28H27N9O4S2. The Hall–Kier alpha value is -5.11. The standard InChI is InChI=1S/C28H27N9O4S2/c1-36(2)24-12-5-20(6-13-24)30-31-22-9-16-26(17-10-22)42(38,39)28-19-23(11-18-27(28)43(40,41)35-34-29)33-32-21-7-14-25(15-8-21)37(3)4/h5-19H,1-4H3. The molecule has 4 aromatic rings. The third-order valence-electron chi connectivity index (χ3n) is 6.08. The number of sulfone groups is 1. The molecule has 220 valence electrons. The number of rotatable bonds is 10. The summed E-state index contributed by atoms with van der Waals surface area (Å²) in [5.41, 5.74) is 12.3. The SMILES string of the molecule is CN(C)c1ccc(N=Nc2ccc(S(=O)(=O)c3cc(N=Nc4ccc(N(C)C)cc4)ccc3S(=O)(=O)N=[N+]=[N-])cc2)cc1. The molecular weight excluding hydrogens is 591 g/mol. The first-order valence-electron chi connectivity index (χ1n) is 12.6. The van der Waals surface area contributed by atoms with Gasteiger partial charge in [0.15, 0.2) is 0 Å². The van der Waals surface area contributed by atoms with E-state index in [4.69, 9.17) is 5.53 Å². The summed E-state index contributed by atoms with van der Waals surface area (Å²) in [4.78, 5) is 4.69. The molecule has 13 nitrogen and oxygen atoms in total. The van der Waals surface area contributed by atoms with Gasteiger partial charge in [-0.15, -0.1) is 0 Å². The van der Waals surface area contributed by atoms with Crippen molar-refractivity contribution in [3.63, 3.8) is 0 Å². The Bertz CT molecular complexity index is 1930. The van der Waals surface area contributed by atoms with E-state index >= 15 is 0 Å². The quantitative estimate of drug-likeness (QED) is 0.101. The molecule has 0 spiro atoms. The minimum absolute atomic E-state index is 0.0702.